The molecular weight excluding hydrogens is 432 g/mol. The van der Waals surface area contributed by atoms with E-state index >= 15 is 0 Å². The van der Waals surface area contributed by atoms with E-state index in [4.69, 9.17) is 10.1 Å². The van der Waals surface area contributed by atoms with Crippen LogP contribution in [0.1, 0.15) is 44.0 Å². The van der Waals surface area contributed by atoms with Crippen LogP contribution in [0.4, 0.5) is 5.82 Å². The first-order valence-electron chi connectivity index (χ1n) is 11.3. The number of imidazole rings is 1. The van der Waals surface area contributed by atoms with Crippen LogP contribution in [0.3, 0.4) is 0 Å². The van der Waals surface area contributed by atoms with Crippen LogP contribution in [0, 0.1) is 6.92 Å². The normalized spacial score (nSPS) is 13.4. The van der Waals surface area contributed by atoms with Gasteiger partial charge in [0.15, 0.2) is 0 Å². The molecule has 2 atom stereocenters. The Kier molecular flexibility index (Phi) is 8.20. The maximum Gasteiger partial charge on any atom is 0.305 e. The molecule has 1 aromatic carbocycles. The average Bonchev–Trinajstić information content (AvgIpc) is 3.17. The van der Waals surface area contributed by atoms with Gasteiger partial charge in [-0.05, 0) is 31.2 Å². The highest BCUT2D eigenvalue weighted by Crippen LogP contribution is 2.36. The third-order valence-electron chi connectivity index (χ3n) is 5.42. The third kappa shape index (κ3) is 6.09. The highest BCUT2D eigenvalue weighted by Gasteiger charge is 2.22. The number of carboxylic acids is 1. The van der Waals surface area contributed by atoms with Crippen molar-refractivity contribution in [2.75, 3.05) is 12.4 Å². The Morgan fingerprint density at radius 2 is 1.94 bits per heavy atom. The first-order valence-corrected chi connectivity index (χ1v) is 11.3. The molecule has 0 saturated carbocycles. The minimum atomic E-state index is -1.13. The quantitative estimate of drug-likeness (QED) is 0.356. The molecule has 8 nitrogen and oxygen atoms in total. The molecule has 8 heteroatoms. The van der Waals surface area contributed by atoms with Gasteiger partial charge in [0.1, 0.15) is 11.6 Å². The van der Waals surface area contributed by atoms with Gasteiger partial charge in [-0.2, -0.15) is 0 Å². The van der Waals surface area contributed by atoms with Crippen LogP contribution in [0.5, 0.6) is 0 Å². The van der Waals surface area contributed by atoms with Gasteiger partial charge >= 0.3 is 5.97 Å². The molecule has 0 saturated heterocycles. The Hall–Kier alpha value is -3.49. The molecule has 2 unspecified atom stereocenters. The average molecular weight is 465 g/mol. The van der Waals surface area contributed by atoms with Gasteiger partial charge in [-0.15, -0.1) is 0 Å². The number of aliphatic hydroxyl groups is 2. The van der Waals surface area contributed by atoms with E-state index in [0.29, 0.717) is 0 Å². The van der Waals surface area contributed by atoms with Gasteiger partial charge in [0.05, 0.1) is 30.0 Å². The second-order valence-electron chi connectivity index (χ2n) is 8.64. The summed E-state index contributed by atoms with van der Waals surface area (Å²) in [7, 11) is 1.81. The van der Waals surface area contributed by atoms with E-state index < -0.39 is 24.6 Å². The molecule has 2 aromatic heterocycles. The number of anilines is 1. The maximum absolute atomic E-state index is 10.8. The van der Waals surface area contributed by atoms with Crippen LogP contribution >= 0.6 is 0 Å². The van der Waals surface area contributed by atoms with E-state index in [-0.39, 0.29) is 12.3 Å². The summed E-state index contributed by atoms with van der Waals surface area (Å²) in [5, 5.41) is 32.2. The predicted octanol–water partition coefficient (Wildman–Crippen LogP) is 4.14. The molecule has 0 fully saturated rings. The van der Waals surface area contributed by atoms with Crippen molar-refractivity contribution in [3.8, 4) is 22.5 Å². The number of benzene rings is 1. The van der Waals surface area contributed by atoms with E-state index in [1.807, 2.05) is 48.9 Å². The molecule has 4 N–H and O–H groups in total. The van der Waals surface area contributed by atoms with Crippen molar-refractivity contribution in [2.24, 2.45) is 0 Å². The number of carboxylic acid groups (broad SMARTS) is 1. The van der Waals surface area contributed by atoms with Crippen molar-refractivity contribution in [3.05, 3.63) is 60.1 Å². The summed E-state index contributed by atoms with van der Waals surface area (Å²) in [5.41, 5.74) is 4.65. The fourth-order valence-corrected chi connectivity index (χ4v) is 3.82. The summed E-state index contributed by atoms with van der Waals surface area (Å²) in [6.45, 7) is 6.13. The lowest BCUT2D eigenvalue weighted by Gasteiger charge is -2.14. The van der Waals surface area contributed by atoms with E-state index in [2.05, 4.69) is 30.2 Å². The number of hydrogen-bond acceptors (Lipinski definition) is 6. The van der Waals surface area contributed by atoms with Crippen molar-refractivity contribution in [2.45, 2.75) is 51.7 Å². The number of aliphatic carboxylic acids is 1. The lowest BCUT2D eigenvalue weighted by Crippen LogP contribution is -2.19. The number of aryl methyl sites for hydroxylation is 1. The zero-order valence-corrected chi connectivity index (χ0v) is 19.9. The Labute approximate surface area is 199 Å². The van der Waals surface area contributed by atoms with Crippen LogP contribution in [0.15, 0.2) is 48.7 Å². The fraction of sp³-hybridized carbons (Fsp3) is 0.346. The molecule has 0 aliphatic heterocycles. The topological polar surface area (TPSA) is 120 Å². The van der Waals surface area contributed by atoms with Gasteiger partial charge in [-0.1, -0.05) is 37.6 Å². The largest absolute Gasteiger partial charge is 0.481 e. The monoisotopic (exact) mass is 464 g/mol. The number of rotatable bonds is 10. The Balaban J connectivity index is 2.13. The van der Waals surface area contributed by atoms with Gasteiger partial charge in [0, 0.05) is 42.9 Å². The summed E-state index contributed by atoms with van der Waals surface area (Å²) < 4.78 is 1.96. The number of pyridine rings is 1. The molecule has 3 aromatic rings. The number of aromatic nitrogens is 3. The lowest BCUT2D eigenvalue weighted by atomic mass is 10.0. The Bertz CT molecular complexity index is 1170. The summed E-state index contributed by atoms with van der Waals surface area (Å²) >= 11 is 0. The number of aliphatic hydroxyl groups excluding tert-OH is 2. The lowest BCUT2D eigenvalue weighted by molar-refractivity contribution is -0.139. The van der Waals surface area contributed by atoms with Crippen LogP contribution in [0.25, 0.3) is 28.7 Å². The van der Waals surface area contributed by atoms with Crippen LogP contribution in [-0.4, -0.2) is 55.1 Å². The molecule has 0 amide bonds. The summed E-state index contributed by atoms with van der Waals surface area (Å²) in [4.78, 5) is 20.1. The van der Waals surface area contributed by atoms with Gasteiger partial charge in [0.2, 0.25) is 0 Å². The second-order valence-corrected chi connectivity index (χ2v) is 8.64. The number of nitrogens with one attached hydrogen (secondary N) is 1. The summed E-state index contributed by atoms with van der Waals surface area (Å²) in [6.07, 6.45) is 2.42. The van der Waals surface area contributed by atoms with Crippen LogP contribution in [-0.2, 0) is 4.79 Å². The number of carbonyl (C=O) groups is 1. The van der Waals surface area contributed by atoms with Crippen molar-refractivity contribution >= 4 is 18.0 Å². The molecule has 2 heterocycles. The molecule has 34 heavy (non-hydrogen) atoms. The number of nitrogens with zero attached hydrogens (tertiary/aromatic N) is 3. The highest BCUT2D eigenvalue weighted by atomic mass is 16.4. The molecule has 0 aliphatic carbocycles. The van der Waals surface area contributed by atoms with E-state index in [1.54, 1.807) is 18.5 Å². The minimum Gasteiger partial charge on any atom is -0.481 e. The van der Waals surface area contributed by atoms with Crippen LogP contribution in [0.2, 0.25) is 0 Å². The van der Waals surface area contributed by atoms with Gasteiger partial charge in [-0.25, -0.2) is 9.97 Å². The first kappa shape index (κ1) is 25.1. The van der Waals surface area contributed by atoms with Crippen molar-refractivity contribution in [1.29, 1.82) is 0 Å². The van der Waals surface area contributed by atoms with Crippen molar-refractivity contribution in [3.63, 3.8) is 0 Å². The fourth-order valence-electron chi connectivity index (χ4n) is 3.82. The van der Waals surface area contributed by atoms with Gasteiger partial charge < -0.3 is 25.2 Å². The maximum atomic E-state index is 10.8. The number of hydrogen-bond donors (Lipinski definition) is 4. The standard InChI is InChI=1S/C26H32N4O4/c1-16(2)26-29-24(18-8-10-28-22(13-18)27-4)25(19-7-5-6-17(3)12-19)30(26)11-9-20(31)14-21(32)15-23(33)34/h5-13,16,20-21,31-32H,14-15H2,1-4H3,(H,27,28)(H,33,34). The van der Waals surface area contributed by atoms with Gasteiger partial charge in [-0.3, -0.25) is 4.79 Å². The highest BCUT2D eigenvalue weighted by molar-refractivity contribution is 5.81. The van der Waals surface area contributed by atoms with E-state index in [9.17, 15) is 15.0 Å². The van der Waals surface area contributed by atoms with Gasteiger partial charge in [0.25, 0.3) is 0 Å². The first-order chi connectivity index (χ1) is 16.2. The molecule has 0 bridgehead atoms. The zero-order valence-electron chi connectivity index (χ0n) is 19.9. The van der Waals surface area contributed by atoms with Crippen molar-refractivity contribution < 1.29 is 20.1 Å². The third-order valence-corrected chi connectivity index (χ3v) is 5.42. The van der Waals surface area contributed by atoms with E-state index in [1.165, 1.54) is 0 Å². The minimum absolute atomic E-state index is 0.0724. The zero-order chi connectivity index (χ0) is 24.8. The molecule has 180 valence electrons. The SMILES string of the molecule is CNc1cc(-c2nc(C(C)C)n(C=CC(O)CC(O)CC(=O)O)c2-c2cccc(C)c2)ccn1. The van der Waals surface area contributed by atoms with Crippen molar-refractivity contribution in [1.82, 2.24) is 14.5 Å². The molecule has 3 rings (SSSR count). The predicted molar refractivity (Wildman–Crippen MR) is 133 cm³/mol. The van der Waals surface area contributed by atoms with Crippen LogP contribution < -0.4 is 5.32 Å². The molecule has 0 spiro atoms. The Morgan fingerprint density at radius 1 is 1.18 bits per heavy atom. The summed E-state index contributed by atoms with van der Waals surface area (Å²) in [6, 6.07) is 12.0. The second kappa shape index (κ2) is 11.1. The van der Waals surface area contributed by atoms with E-state index in [0.717, 1.165) is 39.7 Å². The Morgan fingerprint density at radius 3 is 2.59 bits per heavy atom. The summed E-state index contributed by atoms with van der Waals surface area (Å²) in [5.74, 6) is 0.517. The smallest absolute Gasteiger partial charge is 0.305 e. The molecule has 0 radical (unpaired) electrons. The molecular formula is C26H32N4O4. The molecule has 0 aliphatic rings.